The molecule has 0 N–H and O–H groups in total. The van der Waals surface area contributed by atoms with E-state index in [-0.39, 0.29) is 16.3 Å². The highest BCUT2D eigenvalue weighted by molar-refractivity contribution is 9.10. The lowest BCUT2D eigenvalue weighted by Gasteiger charge is -2.13. The smallest absolute Gasteiger partial charge is 0.405 e. The predicted molar refractivity (Wildman–Crippen MR) is 56.2 cm³/mol. The lowest BCUT2D eigenvalue weighted by molar-refractivity contribution is -0.274. The number of benzene rings is 1. The van der Waals surface area contributed by atoms with Crippen LogP contribution in [0, 0.1) is 0 Å². The quantitative estimate of drug-likeness (QED) is 0.635. The van der Waals surface area contributed by atoms with Crippen molar-refractivity contribution < 1.29 is 27.5 Å². The molecule has 1 aromatic carbocycles. The highest BCUT2D eigenvalue weighted by Crippen LogP contribution is 2.31. The predicted octanol–water partition coefficient (Wildman–Crippen LogP) is 3.36. The maximum atomic E-state index is 12.1. The average molecular weight is 311 g/mol. The zero-order chi connectivity index (χ0) is 13.2. The summed E-state index contributed by atoms with van der Waals surface area (Å²) < 4.78 is 40.1. The van der Waals surface area contributed by atoms with Gasteiger partial charge in [0.25, 0.3) is 0 Å². The minimum absolute atomic E-state index is 0.131. The largest absolute Gasteiger partial charge is 0.573 e. The summed E-state index contributed by atoms with van der Waals surface area (Å²) in [4.78, 5) is 21.9. The first-order valence-electron chi connectivity index (χ1n) is 4.30. The second-order valence-corrected chi connectivity index (χ2v) is 4.00. The van der Waals surface area contributed by atoms with Crippen LogP contribution in [0.5, 0.6) is 5.75 Å². The summed E-state index contributed by atoms with van der Waals surface area (Å²) >= 11 is 2.94. The minimum atomic E-state index is -4.92. The van der Waals surface area contributed by atoms with Gasteiger partial charge in [-0.2, -0.15) is 0 Å². The van der Waals surface area contributed by atoms with Crippen molar-refractivity contribution in [1.29, 1.82) is 0 Å². The lowest BCUT2D eigenvalue weighted by Crippen LogP contribution is -2.19. The van der Waals surface area contributed by atoms with Crippen molar-refractivity contribution in [1.82, 2.24) is 0 Å². The van der Waals surface area contributed by atoms with Gasteiger partial charge in [-0.1, -0.05) is 15.9 Å². The number of hydrogen-bond donors (Lipinski definition) is 0. The van der Waals surface area contributed by atoms with Gasteiger partial charge in [0.2, 0.25) is 0 Å². The molecule has 0 aliphatic heterocycles. The van der Waals surface area contributed by atoms with Gasteiger partial charge >= 0.3 is 6.36 Å². The Morgan fingerprint density at radius 2 is 2.00 bits per heavy atom. The first kappa shape index (κ1) is 13.7. The molecule has 92 valence electrons. The number of alkyl halides is 3. The number of hydrogen-bond acceptors (Lipinski definition) is 3. The highest BCUT2D eigenvalue weighted by Gasteiger charge is 2.33. The van der Waals surface area contributed by atoms with Crippen LogP contribution in [0.15, 0.2) is 16.6 Å². The first-order chi connectivity index (χ1) is 7.74. The van der Waals surface area contributed by atoms with Gasteiger partial charge < -0.3 is 4.74 Å². The van der Waals surface area contributed by atoms with Crippen LogP contribution in [0.2, 0.25) is 0 Å². The van der Waals surface area contributed by atoms with Gasteiger partial charge in [-0.15, -0.1) is 13.2 Å². The van der Waals surface area contributed by atoms with E-state index in [1.807, 2.05) is 0 Å². The van der Waals surface area contributed by atoms with Crippen LogP contribution in [0.1, 0.15) is 27.6 Å². The van der Waals surface area contributed by atoms with Gasteiger partial charge in [0.05, 0.1) is 5.56 Å². The lowest BCUT2D eigenvalue weighted by atomic mass is 10.0. The van der Waals surface area contributed by atoms with E-state index in [0.29, 0.717) is 0 Å². The fourth-order valence-electron chi connectivity index (χ4n) is 1.21. The summed E-state index contributed by atoms with van der Waals surface area (Å²) in [5.74, 6) is -1.23. The van der Waals surface area contributed by atoms with Crippen LogP contribution in [-0.4, -0.2) is 18.4 Å². The summed E-state index contributed by atoms with van der Waals surface area (Å²) in [7, 11) is 0. The second-order valence-electron chi connectivity index (χ2n) is 3.09. The molecule has 0 aromatic heterocycles. The first-order valence-corrected chi connectivity index (χ1v) is 5.09. The fourth-order valence-corrected chi connectivity index (χ4v) is 1.65. The molecule has 0 unspecified atom stereocenters. The molecule has 0 aliphatic carbocycles. The van der Waals surface area contributed by atoms with Gasteiger partial charge in [0, 0.05) is 10.0 Å². The highest BCUT2D eigenvalue weighted by atomic mass is 79.9. The number of halogens is 4. The average Bonchev–Trinajstić information content (AvgIpc) is 2.14. The Hall–Kier alpha value is -1.37. The Morgan fingerprint density at radius 3 is 2.41 bits per heavy atom. The van der Waals surface area contributed by atoms with Gasteiger partial charge in [0.1, 0.15) is 5.75 Å². The van der Waals surface area contributed by atoms with Gasteiger partial charge in [-0.25, -0.2) is 0 Å². The Kier molecular flexibility index (Phi) is 3.92. The monoisotopic (exact) mass is 310 g/mol. The van der Waals surface area contributed by atoms with Gasteiger partial charge in [0.15, 0.2) is 12.1 Å². The molecular formula is C10H6BrF3O3. The fraction of sp³-hybridized carbons (Fsp3) is 0.200. The van der Waals surface area contributed by atoms with Crippen molar-refractivity contribution in [3.05, 3.63) is 27.7 Å². The molecule has 0 aliphatic rings. The summed E-state index contributed by atoms with van der Waals surface area (Å²) in [5.41, 5.74) is -0.549. The number of ketones is 1. The van der Waals surface area contributed by atoms with Crippen molar-refractivity contribution >= 4 is 28.0 Å². The molecule has 0 heterocycles. The molecule has 0 amide bonds. The van der Waals surface area contributed by atoms with Crippen molar-refractivity contribution in [3.63, 3.8) is 0 Å². The van der Waals surface area contributed by atoms with E-state index in [0.717, 1.165) is 13.0 Å². The Morgan fingerprint density at radius 1 is 1.41 bits per heavy atom. The summed E-state index contributed by atoms with van der Waals surface area (Å²) in [6, 6.07) is 2.24. The number of ether oxygens (including phenoxy) is 1. The Balaban J connectivity index is 3.38. The number of aldehydes is 1. The van der Waals surface area contributed by atoms with Crippen molar-refractivity contribution in [2.24, 2.45) is 0 Å². The molecule has 1 aromatic rings. The third kappa shape index (κ3) is 3.55. The third-order valence-electron chi connectivity index (χ3n) is 1.83. The normalized spacial score (nSPS) is 11.1. The van der Waals surface area contributed by atoms with E-state index in [9.17, 15) is 22.8 Å². The summed E-state index contributed by atoms with van der Waals surface area (Å²) in [5, 5.41) is 0. The Bertz CT molecular complexity index is 469. The second kappa shape index (κ2) is 4.87. The van der Waals surface area contributed by atoms with Crippen LogP contribution < -0.4 is 4.74 Å². The molecule has 0 fully saturated rings. The number of carbonyl (C=O) groups excluding carboxylic acids is 2. The molecule has 0 spiro atoms. The van der Waals surface area contributed by atoms with E-state index in [1.54, 1.807) is 0 Å². The molecular weight excluding hydrogens is 305 g/mol. The molecule has 1 rings (SSSR count). The van der Waals surface area contributed by atoms with E-state index < -0.39 is 23.5 Å². The van der Waals surface area contributed by atoms with Crippen LogP contribution >= 0.6 is 15.9 Å². The number of Topliss-reactive ketones (excluding diaryl/α,β-unsaturated/α-hetero) is 1. The molecule has 0 saturated heterocycles. The minimum Gasteiger partial charge on any atom is -0.405 e. The van der Waals surface area contributed by atoms with Crippen LogP contribution in [-0.2, 0) is 0 Å². The summed E-state index contributed by atoms with van der Waals surface area (Å²) in [6.45, 7) is 1.14. The molecule has 3 nitrogen and oxygen atoms in total. The maximum Gasteiger partial charge on any atom is 0.573 e. The molecule has 0 atom stereocenters. The van der Waals surface area contributed by atoms with Crippen LogP contribution in [0.3, 0.4) is 0 Å². The topological polar surface area (TPSA) is 43.4 Å². The molecule has 0 radical (unpaired) electrons. The maximum absolute atomic E-state index is 12.1. The van der Waals surface area contributed by atoms with Crippen LogP contribution in [0.25, 0.3) is 0 Å². The van der Waals surface area contributed by atoms with E-state index in [1.165, 1.54) is 6.07 Å². The summed E-state index contributed by atoms with van der Waals surface area (Å²) in [6.07, 6.45) is -4.77. The molecule has 0 bridgehead atoms. The van der Waals surface area contributed by atoms with E-state index in [2.05, 4.69) is 20.7 Å². The van der Waals surface area contributed by atoms with E-state index >= 15 is 0 Å². The van der Waals surface area contributed by atoms with Crippen molar-refractivity contribution in [3.8, 4) is 5.75 Å². The third-order valence-corrected chi connectivity index (χ3v) is 2.29. The van der Waals surface area contributed by atoms with Gasteiger partial charge in [-0.3, -0.25) is 9.59 Å². The Labute approximate surface area is 103 Å². The number of carbonyl (C=O) groups is 2. The van der Waals surface area contributed by atoms with Crippen LogP contribution in [0.4, 0.5) is 13.2 Å². The van der Waals surface area contributed by atoms with E-state index in [4.69, 9.17) is 0 Å². The standard InChI is InChI=1S/C10H6BrF3O3/c1-5(16)7-2-6(11)3-9(8(7)4-15)17-10(12,13)14/h2-4H,1H3. The molecule has 17 heavy (non-hydrogen) atoms. The van der Waals surface area contributed by atoms with Crippen molar-refractivity contribution in [2.45, 2.75) is 13.3 Å². The number of rotatable bonds is 3. The zero-order valence-electron chi connectivity index (χ0n) is 8.47. The molecule has 7 heteroatoms. The SMILES string of the molecule is CC(=O)c1cc(Br)cc(OC(F)(F)F)c1C=O. The van der Waals surface area contributed by atoms with Crippen molar-refractivity contribution in [2.75, 3.05) is 0 Å². The van der Waals surface area contributed by atoms with Gasteiger partial charge in [-0.05, 0) is 19.1 Å². The zero-order valence-corrected chi connectivity index (χ0v) is 10.1. The molecule has 0 saturated carbocycles.